The molecule has 0 saturated heterocycles. The lowest BCUT2D eigenvalue weighted by molar-refractivity contribution is 0.283. The Balaban J connectivity index is 2.02. The highest BCUT2D eigenvalue weighted by Crippen LogP contribution is 2.38. The monoisotopic (exact) mass is 382 g/mol. The summed E-state index contributed by atoms with van der Waals surface area (Å²) in [6, 6.07) is 10.3. The number of rotatable bonds is 9. The molecule has 2 aromatic carbocycles. The maximum absolute atomic E-state index is 10.8. The maximum atomic E-state index is 10.8. The van der Waals surface area contributed by atoms with Crippen LogP contribution in [0.25, 0.3) is 0 Å². The van der Waals surface area contributed by atoms with Gasteiger partial charge in [0, 0.05) is 17.7 Å². The van der Waals surface area contributed by atoms with Gasteiger partial charge in [0.1, 0.15) is 23.0 Å². The summed E-state index contributed by atoms with van der Waals surface area (Å²) in [6.45, 7) is 0. The van der Waals surface area contributed by atoms with Crippen molar-refractivity contribution in [2.45, 2.75) is 19.3 Å². The Bertz CT molecular complexity index is 743. The molecule has 0 aliphatic heterocycles. The largest absolute Gasteiger partial charge is 0.524 e. The van der Waals surface area contributed by atoms with Gasteiger partial charge in [0.15, 0.2) is 0 Å². The molecule has 0 heterocycles. The van der Waals surface area contributed by atoms with E-state index in [0.29, 0.717) is 17.2 Å². The molecule has 2 rings (SSSR count). The lowest BCUT2D eigenvalue weighted by Crippen LogP contribution is -1.99. The minimum atomic E-state index is -4.53. The van der Waals surface area contributed by atoms with E-state index in [9.17, 15) is 4.57 Å². The van der Waals surface area contributed by atoms with Crippen molar-refractivity contribution < 1.29 is 33.1 Å². The zero-order valence-electron chi connectivity index (χ0n) is 15.0. The van der Waals surface area contributed by atoms with Crippen LogP contribution in [0.2, 0.25) is 0 Å². The van der Waals surface area contributed by atoms with Crippen LogP contribution in [0.5, 0.6) is 23.0 Å². The summed E-state index contributed by atoms with van der Waals surface area (Å²) in [5, 5.41) is 0. The molecule has 2 aromatic rings. The average molecular weight is 382 g/mol. The van der Waals surface area contributed by atoms with Gasteiger partial charge in [0.05, 0.1) is 21.3 Å². The van der Waals surface area contributed by atoms with Gasteiger partial charge in [0.2, 0.25) is 0 Å². The lowest BCUT2D eigenvalue weighted by Gasteiger charge is -2.15. The third-order valence-electron chi connectivity index (χ3n) is 3.86. The summed E-state index contributed by atoms with van der Waals surface area (Å²) in [7, 11) is 0.281. The number of ether oxygens (including phenoxy) is 3. The number of phosphoric ester groups is 1. The molecule has 0 radical (unpaired) electrons. The zero-order chi connectivity index (χ0) is 19.2. The molecule has 0 bridgehead atoms. The fourth-order valence-corrected chi connectivity index (χ4v) is 3.04. The van der Waals surface area contributed by atoms with Gasteiger partial charge in [-0.15, -0.1) is 0 Å². The van der Waals surface area contributed by atoms with Crippen LogP contribution in [-0.4, -0.2) is 31.1 Å². The molecule has 0 amide bonds. The third kappa shape index (κ3) is 5.66. The quantitative estimate of drug-likeness (QED) is 0.642. The number of benzene rings is 2. The Kier molecular flexibility index (Phi) is 6.91. The fraction of sp³-hybridized carbons (Fsp3) is 0.333. The van der Waals surface area contributed by atoms with Gasteiger partial charge in [-0.25, -0.2) is 4.57 Å². The Hall–Kier alpha value is -2.21. The smallest absolute Gasteiger partial charge is 0.496 e. The van der Waals surface area contributed by atoms with Crippen molar-refractivity contribution in [3.8, 4) is 23.0 Å². The highest BCUT2D eigenvalue weighted by Gasteiger charge is 2.16. The molecule has 0 atom stereocenters. The Morgan fingerprint density at radius 1 is 0.846 bits per heavy atom. The number of aryl methyl sites for hydroxylation is 1. The molecule has 0 fully saturated rings. The molecular weight excluding hydrogens is 359 g/mol. The summed E-state index contributed by atoms with van der Waals surface area (Å²) in [5.41, 5.74) is 2.01. The van der Waals surface area contributed by atoms with E-state index in [2.05, 4.69) is 4.52 Å². The van der Waals surface area contributed by atoms with Gasteiger partial charge >= 0.3 is 7.82 Å². The standard InChI is InChI=1S/C18H23O7P/c1-22-15-11-17(23-2)16(18(12-15)24-3)6-4-5-13-7-9-14(10-8-13)25-26(19,20)21/h7-12H,4-6H2,1-3H3,(H2,19,20,21). The first kappa shape index (κ1) is 20.1. The summed E-state index contributed by atoms with van der Waals surface area (Å²) in [6.07, 6.45) is 2.38. The van der Waals surface area contributed by atoms with E-state index >= 15 is 0 Å². The molecule has 0 spiro atoms. The summed E-state index contributed by atoms with van der Waals surface area (Å²) in [5.74, 6) is 2.24. The first-order chi connectivity index (χ1) is 12.4. The van der Waals surface area contributed by atoms with Crippen LogP contribution in [0.1, 0.15) is 17.5 Å². The van der Waals surface area contributed by atoms with E-state index < -0.39 is 7.82 Å². The van der Waals surface area contributed by atoms with Crippen molar-refractivity contribution in [2.24, 2.45) is 0 Å². The van der Waals surface area contributed by atoms with Gasteiger partial charge in [-0.05, 0) is 37.0 Å². The van der Waals surface area contributed by atoms with Crippen molar-refractivity contribution in [1.82, 2.24) is 0 Å². The second kappa shape index (κ2) is 8.94. The van der Waals surface area contributed by atoms with Crippen molar-refractivity contribution in [3.63, 3.8) is 0 Å². The van der Waals surface area contributed by atoms with Crippen LogP contribution < -0.4 is 18.7 Å². The van der Waals surface area contributed by atoms with Gasteiger partial charge in [-0.3, -0.25) is 9.79 Å². The minimum absolute atomic E-state index is 0.139. The van der Waals surface area contributed by atoms with Crippen LogP contribution in [-0.2, 0) is 17.4 Å². The Morgan fingerprint density at radius 3 is 1.88 bits per heavy atom. The molecule has 8 heteroatoms. The average Bonchev–Trinajstić information content (AvgIpc) is 2.61. The third-order valence-corrected chi connectivity index (χ3v) is 4.31. The number of hydrogen-bond acceptors (Lipinski definition) is 5. The fourth-order valence-electron chi connectivity index (χ4n) is 2.65. The molecule has 26 heavy (non-hydrogen) atoms. The van der Waals surface area contributed by atoms with E-state index in [1.165, 1.54) is 0 Å². The zero-order valence-corrected chi connectivity index (χ0v) is 15.9. The summed E-state index contributed by atoms with van der Waals surface area (Å²) < 4.78 is 31.5. The van der Waals surface area contributed by atoms with Gasteiger partial charge in [-0.2, -0.15) is 0 Å². The number of hydrogen-bond donors (Lipinski definition) is 2. The van der Waals surface area contributed by atoms with E-state index in [1.807, 2.05) is 12.1 Å². The van der Waals surface area contributed by atoms with E-state index in [0.717, 1.165) is 30.4 Å². The van der Waals surface area contributed by atoms with Gasteiger partial charge in [0.25, 0.3) is 0 Å². The molecule has 0 saturated carbocycles. The van der Waals surface area contributed by atoms with Crippen molar-refractivity contribution in [3.05, 3.63) is 47.5 Å². The molecule has 0 aromatic heterocycles. The second-order valence-corrected chi connectivity index (χ2v) is 6.75. The highest BCUT2D eigenvalue weighted by atomic mass is 31.2. The van der Waals surface area contributed by atoms with E-state index in [-0.39, 0.29) is 5.75 Å². The van der Waals surface area contributed by atoms with E-state index in [4.69, 9.17) is 24.0 Å². The predicted molar refractivity (Wildman–Crippen MR) is 97.2 cm³/mol. The predicted octanol–water partition coefficient (Wildman–Crippen LogP) is 3.36. The number of phosphoric acid groups is 1. The molecule has 2 N–H and O–H groups in total. The lowest BCUT2D eigenvalue weighted by atomic mass is 10.0. The SMILES string of the molecule is COc1cc(OC)c(CCCc2ccc(OP(=O)(O)O)cc2)c(OC)c1. The maximum Gasteiger partial charge on any atom is 0.524 e. The van der Waals surface area contributed by atoms with Crippen molar-refractivity contribution in [1.29, 1.82) is 0 Å². The summed E-state index contributed by atoms with van der Waals surface area (Å²) >= 11 is 0. The summed E-state index contributed by atoms with van der Waals surface area (Å²) in [4.78, 5) is 17.6. The van der Waals surface area contributed by atoms with Crippen LogP contribution >= 0.6 is 7.82 Å². The molecule has 142 valence electrons. The Labute approximate surface area is 152 Å². The molecule has 7 nitrogen and oxygen atoms in total. The minimum Gasteiger partial charge on any atom is -0.496 e. The number of methoxy groups -OCH3 is 3. The molecule has 0 aliphatic rings. The van der Waals surface area contributed by atoms with Crippen LogP contribution in [0.4, 0.5) is 0 Å². The first-order valence-corrected chi connectivity index (χ1v) is 9.52. The van der Waals surface area contributed by atoms with Crippen molar-refractivity contribution in [2.75, 3.05) is 21.3 Å². The van der Waals surface area contributed by atoms with Gasteiger partial charge < -0.3 is 18.7 Å². The second-order valence-electron chi connectivity index (χ2n) is 5.59. The first-order valence-electron chi connectivity index (χ1n) is 7.99. The molecular formula is C18H23O7P. The topological polar surface area (TPSA) is 94.5 Å². The van der Waals surface area contributed by atoms with Crippen LogP contribution in [0, 0.1) is 0 Å². The molecule has 0 unspecified atom stereocenters. The van der Waals surface area contributed by atoms with Crippen LogP contribution in [0.15, 0.2) is 36.4 Å². The molecule has 0 aliphatic carbocycles. The van der Waals surface area contributed by atoms with Crippen molar-refractivity contribution >= 4 is 7.82 Å². The normalized spacial score (nSPS) is 11.1. The van der Waals surface area contributed by atoms with Crippen LogP contribution in [0.3, 0.4) is 0 Å². The van der Waals surface area contributed by atoms with Gasteiger partial charge in [-0.1, -0.05) is 12.1 Å². The Morgan fingerprint density at radius 2 is 1.42 bits per heavy atom. The van der Waals surface area contributed by atoms with E-state index in [1.54, 1.807) is 45.6 Å². The highest BCUT2D eigenvalue weighted by molar-refractivity contribution is 7.46.